The molecule has 1 heterocycles. The number of nitrogens with two attached hydrogens (primary N) is 1. The molecule has 3 rings (SSSR count). The zero-order chi connectivity index (χ0) is 20.8. The topological polar surface area (TPSA) is 85.1 Å². The fourth-order valence-electron chi connectivity index (χ4n) is 4.21. The average Bonchev–Trinajstić information content (AvgIpc) is 3.16. The molecule has 0 radical (unpaired) electrons. The van der Waals surface area contributed by atoms with E-state index in [9.17, 15) is 9.59 Å². The van der Waals surface area contributed by atoms with Crippen molar-refractivity contribution >= 4 is 17.5 Å². The number of benzene rings is 1. The van der Waals surface area contributed by atoms with Gasteiger partial charge in [0.2, 0.25) is 5.91 Å². The Morgan fingerprint density at radius 1 is 1.17 bits per heavy atom. The fourth-order valence-corrected chi connectivity index (χ4v) is 4.21. The molecule has 2 aromatic rings. The molecule has 0 spiro atoms. The Morgan fingerprint density at radius 2 is 1.93 bits per heavy atom. The van der Waals surface area contributed by atoms with Gasteiger partial charge in [-0.2, -0.15) is 0 Å². The van der Waals surface area contributed by atoms with Gasteiger partial charge in [-0.1, -0.05) is 36.4 Å². The summed E-state index contributed by atoms with van der Waals surface area (Å²) in [5, 5.41) is 2.94. The van der Waals surface area contributed by atoms with E-state index in [1.54, 1.807) is 13.0 Å². The summed E-state index contributed by atoms with van der Waals surface area (Å²) in [5.41, 5.74) is 8.87. The number of amides is 1. The van der Waals surface area contributed by atoms with Gasteiger partial charge in [0.05, 0.1) is 6.04 Å². The zero-order valence-electron chi connectivity index (χ0n) is 17.4. The molecule has 1 aliphatic carbocycles. The molecule has 1 aliphatic rings. The lowest BCUT2D eigenvalue weighted by Gasteiger charge is -2.17. The van der Waals surface area contributed by atoms with Crippen molar-refractivity contribution in [2.45, 2.75) is 58.4 Å². The Hall–Kier alpha value is -2.69. The molecule has 1 aromatic carbocycles. The van der Waals surface area contributed by atoms with E-state index >= 15 is 0 Å². The van der Waals surface area contributed by atoms with Crippen molar-refractivity contribution in [2.75, 3.05) is 5.73 Å². The molecular formula is C24H31N3O2. The molecule has 1 amide bonds. The Bertz CT molecular complexity index is 850. The molecule has 3 atom stereocenters. The Balaban J connectivity index is 1.44. The van der Waals surface area contributed by atoms with Gasteiger partial charge in [0.25, 0.3) is 0 Å². The quantitative estimate of drug-likeness (QED) is 0.717. The highest BCUT2D eigenvalue weighted by Crippen LogP contribution is 2.33. The van der Waals surface area contributed by atoms with Crippen molar-refractivity contribution in [1.29, 1.82) is 0 Å². The minimum Gasteiger partial charge on any atom is -0.384 e. The van der Waals surface area contributed by atoms with Crippen molar-refractivity contribution in [3.8, 4) is 0 Å². The van der Waals surface area contributed by atoms with Crippen LogP contribution < -0.4 is 11.1 Å². The van der Waals surface area contributed by atoms with Crippen molar-refractivity contribution in [3.05, 3.63) is 59.3 Å². The van der Waals surface area contributed by atoms with Crippen LogP contribution in [0.5, 0.6) is 0 Å². The standard InChI is InChI=1S/C24H31N3O2/c1-16-20(11-13-23(25)26-16)10-12-22(28)17(2)27-24(29)21-9-8-19(15-21)14-18-6-4-3-5-7-18/h3-7,11,13,17,19,21H,8-10,12,14-15H2,1-2H3,(H2,25,26)(H,27,29)/t17-,19-,21+/m0/s1. The molecule has 5 nitrogen and oxygen atoms in total. The lowest BCUT2D eigenvalue weighted by Crippen LogP contribution is -2.41. The number of anilines is 1. The lowest BCUT2D eigenvalue weighted by atomic mass is 9.96. The van der Waals surface area contributed by atoms with Gasteiger partial charge in [0, 0.05) is 18.0 Å². The predicted molar refractivity (Wildman–Crippen MR) is 115 cm³/mol. The summed E-state index contributed by atoms with van der Waals surface area (Å²) in [6.45, 7) is 3.68. The number of ketones is 1. The molecule has 0 bridgehead atoms. The third kappa shape index (κ3) is 5.89. The van der Waals surface area contributed by atoms with Gasteiger partial charge in [-0.05, 0) is 69.1 Å². The van der Waals surface area contributed by atoms with Gasteiger partial charge < -0.3 is 11.1 Å². The number of nitrogens with zero attached hydrogens (tertiary/aromatic N) is 1. The van der Waals surface area contributed by atoms with Crippen LogP contribution >= 0.6 is 0 Å². The largest absolute Gasteiger partial charge is 0.384 e. The van der Waals surface area contributed by atoms with Gasteiger partial charge in [-0.25, -0.2) is 4.98 Å². The highest BCUT2D eigenvalue weighted by atomic mass is 16.2. The van der Waals surface area contributed by atoms with Crippen LogP contribution in [0.3, 0.4) is 0 Å². The smallest absolute Gasteiger partial charge is 0.223 e. The van der Waals surface area contributed by atoms with Crippen LogP contribution in [0.4, 0.5) is 5.82 Å². The van der Waals surface area contributed by atoms with Gasteiger partial charge >= 0.3 is 0 Å². The molecule has 3 N–H and O–H groups in total. The molecule has 0 aliphatic heterocycles. The van der Waals surface area contributed by atoms with E-state index < -0.39 is 6.04 Å². The molecule has 5 heteroatoms. The molecule has 0 saturated heterocycles. The van der Waals surface area contributed by atoms with Crippen LogP contribution in [0, 0.1) is 18.8 Å². The highest BCUT2D eigenvalue weighted by Gasteiger charge is 2.31. The first-order valence-electron chi connectivity index (χ1n) is 10.5. The van der Waals surface area contributed by atoms with Crippen LogP contribution in [-0.2, 0) is 22.4 Å². The van der Waals surface area contributed by atoms with E-state index in [0.29, 0.717) is 24.6 Å². The molecule has 0 unspecified atom stereocenters. The second-order valence-corrected chi connectivity index (χ2v) is 8.24. The first-order chi connectivity index (χ1) is 13.9. The second kappa shape index (κ2) is 9.68. The third-order valence-electron chi connectivity index (χ3n) is 5.98. The minimum absolute atomic E-state index is 0.0162. The van der Waals surface area contributed by atoms with Crippen molar-refractivity contribution in [3.63, 3.8) is 0 Å². The lowest BCUT2D eigenvalue weighted by molar-refractivity contribution is -0.129. The van der Waals surface area contributed by atoms with E-state index in [1.165, 1.54) is 5.56 Å². The summed E-state index contributed by atoms with van der Waals surface area (Å²) in [6, 6.07) is 13.6. The number of Topliss-reactive ketones (excluding diaryl/α,β-unsaturated/α-hetero) is 1. The first-order valence-corrected chi connectivity index (χ1v) is 10.5. The van der Waals surface area contributed by atoms with Crippen LogP contribution in [0.2, 0.25) is 0 Å². The molecular weight excluding hydrogens is 362 g/mol. The first kappa shape index (κ1) is 21.0. The maximum absolute atomic E-state index is 12.6. The van der Waals surface area contributed by atoms with Crippen LogP contribution in [-0.4, -0.2) is 22.7 Å². The SMILES string of the molecule is Cc1nc(N)ccc1CCC(=O)[C@H](C)NC(=O)[C@@H]1CC[C@@H](Cc2ccccc2)C1. The molecule has 1 saturated carbocycles. The number of hydrogen-bond donors (Lipinski definition) is 2. The summed E-state index contributed by atoms with van der Waals surface area (Å²) in [5.74, 6) is 1.11. The van der Waals surface area contributed by atoms with Gasteiger partial charge in [-0.3, -0.25) is 9.59 Å². The Morgan fingerprint density at radius 3 is 2.66 bits per heavy atom. The minimum atomic E-state index is -0.460. The summed E-state index contributed by atoms with van der Waals surface area (Å²) >= 11 is 0. The number of carbonyl (C=O) groups excluding carboxylic acids is 2. The van der Waals surface area contributed by atoms with Crippen molar-refractivity contribution < 1.29 is 9.59 Å². The Kier molecular flexibility index (Phi) is 7.02. The highest BCUT2D eigenvalue weighted by molar-refractivity contribution is 5.89. The number of nitrogen functional groups attached to an aromatic ring is 1. The summed E-state index contributed by atoms with van der Waals surface area (Å²) < 4.78 is 0. The Labute approximate surface area is 173 Å². The second-order valence-electron chi connectivity index (χ2n) is 8.24. The fraction of sp³-hybridized carbons (Fsp3) is 0.458. The number of aryl methyl sites for hydroxylation is 2. The van der Waals surface area contributed by atoms with E-state index in [1.807, 2.05) is 19.1 Å². The third-order valence-corrected chi connectivity index (χ3v) is 5.98. The number of hydrogen-bond acceptors (Lipinski definition) is 4. The molecule has 1 aromatic heterocycles. The van der Waals surface area contributed by atoms with Gasteiger partial charge in [-0.15, -0.1) is 0 Å². The number of aromatic nitrogens is 1. The van der Waals surface area contributed by atoms with Gasteiger partial charge in [0.1, 0.15) is 5.82 Å². The summed E-state index contributed by atoms with van der Waals surface area (Å²) in [7, 11) is 0. The molecule has 29 heavy (non-hydrogen) atoms. The van der Waals surface area contributed by atoms with E-state index in [0.717, 1.165) is 36.9 Å². The van der Waals surface area contributed by atoms with Crippen molar-refractivity contribution in [1.82, 2.24) is 10.3 Å². The van der Waals surface area contributed by atoms with E-state index in [4.69, 9.17) is 5.73 Å². The number of nitrogens with one attached hydrogen (secondary N) is 1. The molecule has 1 fully saturated rings. The number of pyridine rings is 1. The van der Waals surface area contributed by atoms with Crippen LogP contribution in [0.25, 0.3) is 0 Å². The number of carbonyl (C=O) groups is 2. The summed E-state index contributed by atoms with van der Waals surface area (Å²) in [6.07, 6.45) is 4.89. The van der Waals surface area contributed by atoms with Crippen LogP contribution in [0.1, 0.15) is 49.4 Å². The maximum Gasteiger partial charge on any atom is 0.223 e. The monoisotopic (exact) mass is 393 g/mol. The van der Waals surface area contributed by atoms with Crippen LogP contribution in [0.15, 0.2) is 42.5 Å². The molecule has 154 valence electrons. The van der Waals surface area contributed by atoms with Crippen molar-refractivity contribution in [2.24, 2.45) is 11.8 Å². The summed E-state index contributed by atoms with van der Waals surface area (Å²) in [4.78, 5) is 29.4. The average molecular weight is 394 g/mol. The predicted octanol–water partition coefficient (Wildman–Crippen LogP) is 3.64. The normalized spacial score (nSPS) is 19.7. The van der Waals surface area contributed by atoms with E-state index in [-0.39, 0.29) is 17.6 Å². The maximum atomic E-state index is 12.6. The number of rotatable bonds is 8. The zero-order valence-corrected chi connectivity index (χ0v) is 17.4. The van der Waals surface area contributed by atoms with E-state index in [2.05, 4.69) is 34.6 Å². The van der Waals surface area contributed by atoms with Gasteiger partial charge in [0.15, 0.2) is 5.78 Å².